The first-order valence-electron chi connectivity index (χ1n) is 7.62. The van der Waals surface area contributed by atoms with Crippen molar-refractivity contribution in [1.29, 1.82) is 0 Å². The molecule has 1 aromatic heterocycles. The molecule has 1 heterocycles. The van der Waals surface area contributed by atoms with Crippen molar-refractivity contribution < 1.29 is 4.74 Å². The van der Waals surface area contributed by atoms with E-state index in [2.05, 4.69) is 48.8 Å². The number of hydrogen-bond donors (Lipinski definition) is 1. The van der Waals surface area contributed by atoms with Gasteiger partial charge in [-0.25, -0.2) is 0 Å². The Morgan fingerprint density at radius 3 is 2.70 bits per heavy atom. The van der Waals surface area contributed by atoms with Crippen LogP contribution in [-0.2, 0) is 4.74 Å². The Morgan fingerprint density at radius 2 is 2.15 bits per heavy atom. The number of halogens is 1. The molecule has 20 heavy (non-hydrogen) atoms. The highest BCUT2D eigenvalue weighted by Gasteiger charge is 2.33. The second kappa shape index (κ2) is 7.39. The Kier molecular flexibility index (Phi) is 6.09. The lowest BCUT2D eigenvalue weighted by Gasteiger charge is -2.38. The number of nitrogens with two attached hydrogens (primary N) is 1. The minimum atomic E-state index is 0.0443. The van der Waals surface area contributed by atoms with Crippen LogP contribution < -0.4 is 5.73 Å². The highest BCUT2D eigenvalue weighted by molar-refractivity contribution is 9.11. The second-order valence-electron chi connectivity index (χ2n) is 6.37. The summed E-state index contributed by atoms with van der Waals surface area (Å²) in [7, 11) is 0. The molecule has 4 atom stereocenters. The van der Waals surface area contributed by atoms with Crippen LogP contribution in [0.3, 0.4) is 0 Å². The van der Waals surface area contributed by atoms with E-state index in [1.54, 1.807) is 11.3 Å². The third-order valence-corrected chi connectivity index (χ3v) is 6.14. The Hall–Kier alpha value is 0.1000. The molecule has 0 aliphatic heterocycles. The van der Waals surface area contributed by atoms with E-state index in [-0.39, 0.29) is 6.10 Å². The Labute approximate surface area is 135 Å². The zero-order valence-electron chi connectivity index (χ0n) is 12.6. The maximum absolute atomic E-state index is 6.45. The molecule has 0 saturated heterocycles. The highest BCUT2D eigenvalue weighted by Crippen LogP contribution is 2.38. The minimum Gasteiger partial charge on any atom is -0.368 e. The van der Waals surface area contributed by atoms with Crippen molar-refractivity contribution in [2.45, 2.75) is 52.2 Å². The molecule has 4 heteroatoms. The Morgan fingerprint density at radius 1 is 1.40 bits per heavy atom. The van der Waals surface area contributed by atoms with E-state index >= 15 is 0 Å². The van der Waals surface area contributed by atoms with Crippen molar-refractivity contribution in [3.05, 3.63) is 20.8 Å². The van der Waals surface area contributed by atoms with Crippen LogP contribution in [0.2, 0.25) is 0 Å². The Balaban J connectivity index is 2.07. The number of hydrogen-bond acceptors (Lipinski definition) is 3. The molecule has 0 aromatic carbocycles. The molecule has 2 rings (SSSR count). The van der Waals surface area contributed by atoms with Gasteiger partial charge >= 0.3 is 0 Å². The molecule has 4 unspecified atom stereocenters. The van der Waals surface area contributed by atoms with Gasteiger partial charge in [-0.15, -0.1) is 11.3 Å². The van der Waals surface area contributed by atoms with Gasteiger partial charge in [0.25, 0.3) is 0 Å². The van der Waals surface area contributed by atoms with Gasteiger partial charge in [0.15, 0.2) is 0 Å². The summed E-state index contributed by atoms with van der Waals surface area (Å²) in [6.07, 6.45) is 4.19. The molecular weight excluding hydrogens is 334 g/mol. The zero-order chi connectivity index (χ0) is 14.7. The van der Waals surface area contributed by atoms with E-state index in [9.17, 15) is 0 Å². The first-order chi connectivity index (χ1) is 9.51. The first kappa shape index (κ1) is 16.5. The topological polar surface area (TPSA) is 35.2 Å². The molecular formula is C16H26BrNOS. The monoisotopic (exact) mass is 359 g/mol. The van der Waals surface area contributed by atoms with Crippen LogP contribution >= 0.6 is 27.3 Å². The molecule has 1 saturated carbocycles. The van der Waals surface area contributed by atoms with E-state index in [0.717, 1.165) is 9.70 Å². The van der Waals surface area contributed by atoms with Gasteiger partial charge in [-0.1, -0.05) is 27.2 Å². The van der Waals surface area contributed by atoms with Gasteiger partial charge in [0.1, 0.15) is 6.10 Å². The maximum Gasteiger partial charge on any atom is 0.104 e. The quantitative estimate of drug-likeness (QED) is 0.803. The van der Waals surface area contributed by atoms with Gasteiger partial charge in [-0.3, -0.25) is 0 Å². The van der Waals surface area contributed by atoms with Crippen LogP contribution in [-0.4, -0.2) is 12.6 Å². The van der Waals surface area contributed by atoms with Crippen LogP contribution in [0, 0.1) is 17.8 Å². The summed E-state index contributed by atoms with van der Waals surface area (Å²) in [5.41, 5.74) is 5.95. The molecule has 0 bridgehead atoms. The number of rotatable bonds is 5. The van der Waals surface area contributed by atoms with Crippen molar-refractivity contribution >= 4 is 27.3 Å². The average molecular weight is 360 g/mol. The van der Waals surface area contributed by atoms with Crippen LogP contribution in [0.15, 0.2) is 15.9 Å². The molecule has 0 radical (unpaired) electrons. The van der Waals surface area contributed by atoms with Crippen molar-refractivity contribution in [3.8, 4) is 0 Å². The standard InChI is InChI=1S/C16H26BrNOS/c1-10(2)12-5-4-11(3)8-13(12)19-14(9-18)15-6-7-16(17)20-15/h6-7,10-14H,4-5,8-9,18H2,1-3H3. The van der Waals surface area contributed by atoms with E-state index in [0.29, 0.717) is 24.5 Å². The first-order valence-corrected chi connectivity index (χ1v) is 9.23. The van der Waals surface area contributed by atoms with E-state index in [1.165, 1.54) is 24.1 Å². The summed E-state index contributed by atoms with van der Waals surface area (Å²) in [6, 6.07) is 4.21. The average Bonchev–Trinajstić information content (AvgIpc) is 2.82. The zero-order valence-corrected chi connectivity index (χ0v) is 15.0. The summed E-state index contributed by atoms with van der Waals surface area (Å²) >= 11 is 5.25. The molecule has 1 aromatic rings. The summed E-state index contributed by atoms with van der Waals surface area (Å²) in [6.45, 7) is 7.53. The van der Waals surface area contributed by atoms with Gasteiger partial charge < -0.3 is 10.5 Å². The van der Waals surface area contributed by atoms with Gasteiger partial charge in [0, 0.05) is 11.4 Å². The van der Waals surface area contributed by atoms with Gasteiger partial charge in [-0.05, 0) is 58.7 Å². The molecule has 1 fully saturated rings. The normalized spacial score (nSPS) is 28.8. The predicted octanol–water partition coefficient (Wildman–Crippen LogP) is 4.99. The third kappa shape index (κ3) is 4.06. The summed E-state index contributed by atoms with van der Waals surface area (Å²) < 4.78 is 7.59. The number of ether oxygens (including phenoxy) is 1. The molecule has 0 spiro atoms. The van der Waals surface area contributed by atoms with E-state index < -0.39 is 0 Å². The van der Waals surface area contributed by atoms with E-state index in [1.807, 2.05) is 0 Å². The third-order valence-electron chi connectivity index (χ3n) is 4.43. The van der Waals surface area contributed by atoms with Crippen LogP contribution in [0.25, 0.3) is 0 Å². The highest BCUT2D eigenvalue weighted by atomic mass is 79.9. The fraction of sp³-hybridized carbons (Fsp3) is 0.750. The molecule has 0 amide bonds. The van der Waals surface area contributed by atoms with Crippen LogP contribution in [0.1, 0.15) is 51.0 Å². The second-order valence-corrected chi connectivity index (χ2v) is 8.86. The molecule has 1 aliphatic rings. The van der Waals surface area contributed by atoms with Gasteiger partial charge in [0.2, 0.25) is 0 Å². The van der Waals surface area contributed by atoms with E-state index in [4.69, 9.17) is 10.5 Å². The van der Waals surface area contributed by atoms with Crippen molar-refractivity contribution in [3.63, 3.8) is 0 Å². The smallest absolute Gasteiger partial charge is 0.104 e. The lowest BCUT2D eigenvalue weighted by atomic mass is 9.75. The largest absolute Gasteiger partial charge is 0.368 e. The van der Waals surface area contributed by atoms with Gasteiger partial charge in [0.05, 0.1) is 9.89 Å². The van der Waals surface area contributed by atoms with Gasteiger partial charge in [-0.2, -0.15) is 0 Å². The lowest BCUT2D eigenvalue weighted by Crippen LogP contribution is -2.36. The SMILES string of the molecule is CC1CCC(C(C)C)C(OC(CN)c2ccc(Br)s2)C1. The van der Waals surface area contributed by atoms with Crippen molar-refractivity contribution in [2.24, 2.45) is 23.5 Å². The lowest BCUT2D eigenvalue weighted by molar-refractivity contribution is -0.0774. The predicted molar refractivity (Wildman–Crippen MR) is 90.0 cm³/mol. The Bertz CT molecular complexity index is 420. The van der Waals surface area contributed by atoms with Crippen molar-refractivity contribution in [2.75, 3.05) is 6.54 Å². The minimum absolute atomic E-state index is 0.0443. The van der Waals surface area contributed by atoms with Crippen LogP contribution in [0.4, 0.5) is 0 Å². The maximum atomic E-state index is 6.45. The number of thiophene rings is 1. The molecule has 2 nitrogen and oxygen atoms in total. The molecule has 2 N–H and O–H groups in total. The molecule has 114 valence electrons. The fourth-order valence-corrected chi connectivity index (χ4v) is 4.70. The molecule has 1 aliphatic carbocycles. The summed E-state index contributed by atoms with van der Waals surface area (Å²) in [5.74, 6) is 2.12. The summed E-state index contributed by atoms with van der Waals surface area (Å²) in [4.78, 5) is 1.24. The fourth-order valence-electron chi connectivity index (χ4n) is 3.22. The van der Waals surface area contributed by atoms with Crippen LogP contribution in [0.5, 0.6) is 0 Å². The van der Waals surface area contributed by atoms with Crippen molar-refractivity contribution in [1.82, 2.24) is 0 Å². The summed E-state index contributed by atoms with van der Waals surface area (Å²) in [5, 5.41) is 0.